The first-order valence-corrected chi connectivity index (χ1v) is 10.3. The number of amides is 1. The van der Waals surface area contributed by atoms with Gasteiger partial charge in [-0.15, -0.1) is 11.3 Å². The Bertz CT molecular complexity index is 976. The predicted molar refractivity (Wildman–Crippen MR) is 111 cm³/mol. The molecule has 2 aromatic heterocycles. The molecule has 3 rings (SSSR count). The van der Waals surface area contributed by atoms with Crippen molar-refractivity contribution in [2.24, 2.45) is 5.92 Å². The number of aromatic carboxylic acids is 1. The summed E-state index contributed by atoms with van der Waals surface area (Å²) in [7, 11) is 0. The van der Waals surface area contributed by atoms with Crippen molar-refractivity contribution in [2.75, 3.05) is 6.54 Å². The molecule has 0 aliphatic heterocycles. The maximum absolute atomic E-state index is 12.5. The van der Waals surface area contributed by atoms with Crippen LogP contribution in [0.25, 0.3) is 10.9 Å². The number of carboxylic acid groups (broad SMARTS) is 1. The number of carbonyl (C=O) groups is 2. The quantitative estimate of drug-likeness (QED) is 0.584. The second-order valence-corrected chi connectivity index (χ2v) is 8.23. The minimum Gasteiger partial charge on any atom is -0.476 e. The molecule has 148 valence electrons. The lowest BCUT2D eigenvalue weighted by Gasteiger charge is -2.31. The number of nitrogens with one attached hydrogen (secondary N) is 1. The first-order valence-electron chi connectivity index (χ1n) is 9.37. The summed E-state index contributed by atoms with van der Waals surface area (Å²) in [4.78, 5) is 33.1. The summed E-state index contributed by atoms with van der Waals surface area (Å²) in [6.07, 6.45) is 3.45. The molecular formula is C21H25N3O3S. The van der Waals surface area contributed by atoms with Gasteiger partial charge in [0, 0.05) is 35.9 Å². The van der Waals surface area contributed by atoms with Crippen molar-refractivity contribution in [3.8, 4) is 0 Å². The number of para-hydroxylation sites is 1. The molecule has 3 aromatic rings. The number of H-pyrrole nitrogens is 1. The Hall–Kier alpha value is -2.67. The van der Waals surface area contributed by atoms with Crippen molar-refractivity contribution in [1.29, 1.82) is 0 Å². The number of aromatic amines is 1. The van der Waals surface area contributed by atoms with Gasteiger partial charge in [-0.1, -0.05) is 32.0 Å². The van der Waals surface area contributed by atoms with Crippen LogP contribution in [0.2, 0.25) is 0 Å². The third kappa shape index (κ3) is 4.42. The van der Waals surface area contributed by atoms with E-state index in [1.165, 1.54) is 11.3 Å². The monoisotopic (exact) mass is 399 g/mol. The van der Waals surface area contributed by atoms with Crippen molar-refractivity contribution in [1.82, 2.24) is 14.9 Å². The minimum atomic E-state index is -1.04. The van der Waals surface area contributed by atoms with E-state index in [4.69, 9.17) is 0 Å². The average molecular weight is 400 g/mol. The lowest BCUT2D eigenvalue weighted by molar-refractivity contribution is -0.131. The number of nitrogens with zero attached hydrogens (tertiary/aromatic N) is 2. The Morgan fingerprint density at radius 3 is 2.68 bits per heavy atom. The molecule has 1 amide bonds. The minimum absolute atomic E-state index is 0.0300. The molecular weight excluding hydrogens is 374 g/mol. The normalized spacial score (nSPS) is 12.4. The molecule has 0 aliphatic carbocycles. The van der Waals surface area contributed by atoms with Crippen LogP contribution in [0.4, 0.5) is 0 Å². The van der Waals surface area contributed by atoms with Gasteiger partial charge in [0.05, 0.1) is 6.04 Å². The van der Waals surface area contributed by atoms with E-state index in [-0.39, 0.29) is 17.6 Å². The molecule has 0 fully saturated rings. The second-order valence-electron chi connectivity index (χ2n) is 7.34. The average Bonchev–Trinajstić information content (AvgIpc) is 3.28. The Labute approximate surface area is 168 Å². The second kappa shape index (κ2) is 8.56. The van der Waals surface area contributed by atoms with E-state index >= 15 is 0 Å². The zero-order valence-electron chi connectivity index (χ0n) is 16.3. The fourth-order valence-corrected chi connectivity index (χ4v) is 4.38. The van der Waals surface area contributed by atoms with E-state index in [0.29, 0.717) is 17.5 Å². The maximum Gasteiger partial charge on any atom is 0.355 e. The summed E-state index contributed by atoms with van der Waals surface area (Å²) < 4.78 is 0. The van der Waals surface area contributed by atoms with E-state index in [2.05, 4.69) is 29.9 Å². The first-order chi connectivity index (χ1) is 13.4. The van der Waals surface area contributed by atoms with Gasteiger partial charge in [0.2, 0.25) is 5.91 Å². The van der Waals surface area contributed by atoms with E-state index in [1.807, 2.05) is 29.3 Å². The third-order valence-corrected chi connectivity index (χ3v) is 5.74. The van der Waals surface area contributed by atoms with Gasteiger partial charge in [0.1, 0.15) is 5.01 Å². The highest BCUT2D eigenvalue weighted by atomic mass is 32.1. The Kier molecular flexibility index (Phi) is 6.14. The number of rotatable bonds is 8. The number of hydrogen-bond donors (Lipinski definition) is 2. The molecule has 0 saturated heterocycles. The predicted octanol–water partition coefficient (Wildman–Crippen LogP) is 4.50. The van der Waals surface area contributed by atoms with Crippen molar-refractivity contribution in [3.63, 3.8) is 0 Å². The smallest absolute Gasteiger partial charge is 0.355 e. The van der Waals surface area contributed by atoms with Crippen molar-refractivity contribution < 1.29 is 14.7 Å². The van der Waals surface area contributed by atoms with Gasteiger partial charge in [-0.25, -0.2) is 9.78 Å². The number of aromatic nitrogens is 2. The number of fused-ring (bicyclic) bond motifs is 1. The molecule has 1 unspecified atom stereocenters. The summed E-state index contributed by atoms with van der Waals surface area (Å²) in [5.41, 5.74) is 2.28. The van der Waals surface area contributed by atoms with Gasteiger partial charge in [-0.05, 0) is 30.4 Å². The molecule has 2 N–H and O–H groups in total. The van der Waals surface area contributed by atoms with Gasteiger partial charge < -0.3 is 15.0 Å². The van der Waals surface area contributed by atoms with Crippen molar-refractivity contribution >= 4 is 34.1 Å². The van der Waals surface area contributed by atoms with Crippen LogP contribution in [-0.2, 0) is 11.2 Å². The van der Waals surface area contributed by atoms with Crippen LogP contribution in [-0.4, -0.2) is 38.4 Å². The number of hydrogen-bond acceptors (Lipinski definition) is 4. The van der Waals surface area contributed by atoms with E-state index in [9.17, 15) is 14.7 Å². The Morgan fingerprint density at radius 1 is 1.29 bits per heavy atom. The number of thiazole rings is 1. The Morgan fingerprint density at radius 2 is 2.04 bits per heavy atom. The van der Waals surface area contributed by atoms with Crippen molar-refractivity contribution in [2.45, 2.75) is 39.7 Å². The van der Waals surface area contributed by atoms with Gasteiger partial charge >= 0.3 is 5.97 Å². The van der Waals surface area contributed by atoms with Crippen LogP contribution >= 0.6 is 11.3 Å². The van der Waals surface area contributed by atoms with Gasteiger partial charge in [-0.3, -0.25) is 4.79 Å². The van der Waals surface area contributed by atoms with E-state index in [1.54, 1.807) is 12.3 Å². The van der Waals surface area contributed by atoms with Crippen LogP contribution in [0.3, 0.4) is 0 Å². The molecule has 6 nitrogen and oxygen atoms in total. The standard InChI is InChI=1S/C21H25N3O3S/c1-13(2)10-19(20-23-18(12-28-20)21(26)27)24(14(3)25)9-8-15-11-22-17-7-5-4-6-16(15)17/h4-7,11-13,19,22H,8-10H2,1-3H3,(H,26,27). The van der Waals surface area contributed by atoms with Crippen LogP contribution in [0.1, 0.15) is 54.3 Å². The van der Waals surface area contributed by atoms with Gasteiger partial charge in [0.25, 0.3) is 0 Å². The zero-order chi connectivity index (χ0) is 20.3. The molecule has 0 aliphatic rings. The SMILES string of the molecule is CC(=O)N(CCc1c[nH]c2ccccc12)C(CC(C)C)c1nc(C(=O)O)cs1. The lowest BCUT2D eigenvalue weighted by atomic mass is 10.0. The Balaban J connectivity index is 1.85. The summed E-state index contributed by atoms with van der Waals surface area (Å²) in [6.45, 7) is 6.30. The number of carboxylic acids is 1. The fourth-order valence-electron chi connectivity index (χ4n) is 3.46. The van der Waals surface area contributed by atoms with Crippen LogP contribution in [0.5, 0.6) is 0 Å². The lowest BCUT2D eigenvalue weighted by Crippen LogP contribution is -2.35. The topological polar surface area (TPSA) is 86.3 Å². The van der Waals surface area contributed by atoms with Gasteiger partial charge in [0.15, 0.2) is 5.69 Å². The molecule has 0 bridgehead atoms. The largest absolute Gasteiger partial charge is 0.476 e. The first kappa shape index (κ1) is 20.1. The highest BCUT2D eigenvalue weighted by Gasteiger charge is 2.27. The molecule has 0 saturated carbocycles. The summed E-state index contributed by atoms with van der Waals surface area (Å²) >= 11 is 1.31. The summed E-state index contributed by atoms with van der Waals surface area (Å²) in [5.74, 6) is -0.728. The number of benzene rings is 1. The molecule has 0 radical (unpaired) electrons. The van der Waals surface area contributed by atoms with Crippen LogP contribution in [0, 0.1) is 5.92 Å². The third-order valence-electron chi connectivity index (χ3n) is 4.80. The molecule has 2 heterocycles. The van der Waals surface area contributed by atoms with E-state index < -0.39 is 5.97 Å². The molecule has 28 heavy (non-hydrogen) atoms. The molecule has 0 spiro atoms. The zero-order valence-corrected chi connectivity index (χ0v) is 17.1. The maximum atomic E-state index is 12.5. The summed E-state index contributed by atoms with van der Waals surface area (Å²) in [6, 6.07) is 7.89. The van der Waals surface area contributed by atoms with Gasteiger partial charge in [-0.2, -0.15) is 0 Å². The fraction of sp³-hybridized carbons (Fsp3) is 0.381. The molecule has 1 aromatic carbocycles. The van der Waals surface area contributed by atoms with Crippen LogP contribution < -0.4 is 0 Å². The highest BCUT2D eigenvalue weighted by molar-refractivity contribution is 7.09. The highest BCUT2D eigenvalue weighted by Crippen LogP contribution is 2.31. The molecule has 1 atom stereocenters. The van der Waals surface area contributed by atoms with Crippen LogP contribution in [0.15, 0.2) is 35.8 Å². The molecule has 7 heteroatoms. The van der Waals surface area contributed by atoms with E-state index in [0.717, 1.165) is 29.3 Å². The summed E-state index contributed by atoms with van der Waals surface area (Å²) in [5, 5.41) is 12.6. The number of carbonyl (C=O) groups excluding carboxylic acids is 1. The van der Waals surface area contributed by atoms with Crippen molar-refractivity contribution in [3.05, 3.63) is 52.1 Å².